The van der Waals surface area contributed by atoms with Crippen LogP contribution in [0.5, 0.6) is 0 Å². The largest absolute Gasteiger partial charge is 0.353 e. The van der Waals surface area contributed by atoms with Crippen LogP contribution < -0.4 is 10.8 Å². The Morgan fingerprint density at radius 2 is 2.07 bits per heavy atom. The van der Waals surface area contributed by atoms with Crippen molar-refractivity contribution in [2.45, 2.75) is 24.9 Å². The summed E-state index contributed by atoms with van der Waals surface area (Å²) in [6, 6.07) is 3.68. The lowest BCUT2D eigenvalue weighted by atomic mass is 9.91. The molecule has 1 saturated heterocycles. The standard InChI is InChI=1S/C17H18ClF2N3O4S/c1-28(26)6-4-17(5-7-28,16(24)22-25)21-9-13-14(20)15(27-23-13)11-3-2-10(18)8-12(11)19/h2-3,8,21,25H,1,4-7,9H2,(H,22,24). The lowest BCUT2D eigenvalue weighted by molar-refractivity contribution is -0.136. The molecule has 1 fully saturated rings. The molecule has 152 valence electrons. The van der Waals surface area contributed by atoms with Crippen molar-refractivity contribution in [1.29, 1.82) is 0 Å². The van der Waals surface area contributed by atoms with E-state index in [-0.39, 0.29) is 47.2 Å². The molecule has 28 heavy (non-hydrogen) atoms. The molecule has 2 heterocycles. The molecule has 1 aromatic carbocycles. The van der Waals surface area contributed by atoms with Crippen LogP contribution in [0.15, 0.2) is 22.7 Å². The Hall–Kier alpha value is -2.01. The highest BCUT2D eigenvalue weighted by Crippen LogP contribution is 2.30. The molecule has 1 aliphatic rings. The summed E-state index contributed by atoms with van der Waals surface area (Å²) in [6.45, 7) is -0.226. The van der Waals surface area contributed by atoms with Gasteiger partial charge in [-0.05, 0) is 46.4 Å². The quantitative estimate of drug-likeness (QED) is 0.379. The summed E-state index contributed by atoms with van der Waals surface area (Å²) in [7, 11) is -2.29. The summed E-state index contributed by atoms with van der Waals surface area (Å²) in [5, 5.41) is 15.7. The van der Waals surface area contributed by atoms with Gasteiger partial charge in [-0.2, -0.15) is 0 Å². The Morgan fingerprint density at radius 1 is 1.39 bits per heavy atom. The van der Waals surface area contributed by atoms with Crippen molar-refractivity contribution in [2.75, 3.05) is 11.5 Å². The van der Waals surface area contributed by atoms with Crippen molar-refractivity contribution in [2.24, 2.45) is 0 Å². The number of nitrogens with one attached hydrogen (secondary N) is 2. The van der Waals surface area contributed by atoms with E-state index in [4.69, 9.17) is 21.3 Å². The monoisotopic (exact) mass is 433 g/mol. The lowest BCUT2D eigenvalue weighted by Gasteiger charge is -2.36. The number of amides is 1. The normalized spacial score (nSPS) is 24.9. The van der Waals surface area contributed by atoms with Crippen molar-refractivity contribution in [3.05, 3.63) is 40.6 Å². The van der Waals surface area contributed by atoms with Crippen LogP contribution >= 0.6 is 11.6 Å². The van der Waals surface area contributed by atoms with Gasteiger partial charge < -0.3 is 4.52 Å². The molecule has 0 unspecified atom stereocenters. The molecular formula is C17H18ClF2N3O4S. The summed E-state index contributed by atoms with van der Waals surface area (Å²) in [4.78, 5) is 12.2. The average molecular weight is 434 g/mol. The highest BCUT2D eigenvalue weighted by molar-refractivity contribution is 8.00. The highest BCUT2D eigenvalue weighted by atomic mass is 35.5. The van der Waals surface area contributed by atoms with Crippen molar-refractivity contribution < 1.29 is 27.5 Å². The minimum Gasteiger partial charge on any atom is -0.353 e. The van der Waals surface area contributed by atoms with Crippen LogP contribution in [0, 0.1) is 11.6 Å². The summed E-state index contributed by atoms with van der Waals surface area (Å²) in [5.74, 6) is 1.22. The van der Waals surface area contributed by atoms with Gasteiger partial charge in [0.1, 0.15) is 17.1 Å². The molecule has 0 radical (unpaired) electrons. The molecule has 3 rings (SSSR count). The molecule has 0 aliphatic carbocycles. The minimum atomic E-state index is -2.29. The Balaban J connectivity index is 1.82. The van der Waals surface area contributed by atoms with Crippen LogP contribution in [0.25, 0.3) is 11.3 Å². The number of halogens is 3. The zero-order chi connectivity index (χ0) is 20.5. The van der Waals surface area contributed by atoms with Gasteiger partial charge in [0, 0.05) is 23.1 Å². The number of rotatable bonds is 5. The van der Waals surface area contributed by atoms with Crippen molar-refractivity contribution in [3.63, 3.8) is 0 Å². The number of hydrogen-bond acceptors (Lipinski definition) is 6. The predicted octanol–water partition coefficient (Wildman–Crippen LogP) is 2.12. The summed E-state index contributed by atoms with van der Waals surface area (Å²) in [6.07, 6.45) is 0.278. The number of carbonyl (C=O) groups is 1. The Kier molecular flexibility index (Phi) is 5.76. The zero-order valence-electron chi connectivity index (χ0n) is 14.6. The highest BCUT2D eigenvalue weighted by Gasteiger charge is 2.42. The Morgan fingerprint density at radius 3 is 2.68 bits per heavy atom. The van der Waals surface area contributed by atoms with E-state index >= 15 is 0 Å². The molecular weight excluding hydrogens is 416 g/mol. The van der Waals surface area contributed by atoms with Crippen LogP contribution in [0.1, 0.15) is 18.5 Å². The average Bonchev–Trinajstić information content (AvgIpc) is 3.01. The molecule has 1 aromatic heterocycles. The third kappa shape index (κ3) is 4.04. The first-order valence-electron chi connectivity index (χ1n) is 8.29. The second-order valence-corrected chi connectivity index (χ2v) is 9.83. The number of nitrogens with zero attached hydrogens (tertiary/aromatic N) is 1. The molecule has 3 N–H and O–H groups in total. The van der Waals surface area contributed by atoms with Crippen LogP contribution in [0.4, 0.5) is 8.78 Å². The fourth-order valence-corrected chi connectivity index (χ4v) is 4.86. The maximum absolute atomic E-state index is 14.7. The Bertz CT molecular complexity index is 996. The van der Waals surface area contributed by atoms with Crippen molar-refractivity contribution >= 4 is 32.9 Å². The van der Waals surface area contributed by atoms with Gasteiger partial charge in [-0.25, -0.2) is 14.3 Å². The van der Waals surface area contributed by atoms with Crippen molar-refractivity contribution in [3.8, 4) is 11.3 Å². The minimum absolute atomic E-state index is 0.139. The molecule has 1 amide bonds. The topological polar surface area (TPSA) is 104 Å². The van der Waals surface area contributed by atoms with Gasteiger partial charge in [0.2, 0.25) is 5.76 Å². The summed E-state index contributed by atoms with van der Waals surface area (Å²) >= 11 is 5.69. The molecule has 1 aliphatic heterocycles. The van der Waals surface area contributed by atoms with Gasteiger partial charge in [0.15, 0.2) is 5.82 Å². The number of benzene rings is 1. The number of aromatic nitrogens is 1. The molecule has 2 aromatic rings. The van der Waals surface area contributed by atoms with Gasteiger partial charge in [-0.1, -0.05) is 16.8 Å². The van der Waals surface area contributed by atoms with Crippen LogP contribution in [0.3, 0.4) is 0 Å². The number of hydroxylamine groups is 1. The lowest BCUT2D eigenvalue weighted by Crippen LogP contribution is -2.59. The van der Waals surface area contributed by atoms with Gasteiger partial charge in [0.05, 0.1) is 5.56 Å². The molecule has 11 heteroatoms. The maximum Gasteiger partial charge on any atom is 0.263 e. The third-order valence-corrected chi connectivity index (χ3v) is 6.94. The van der Waals surface area contributed by atoms with Gasteiger partial charge >= 0.3 is 0 Å². The smallest absolute Gasteiger partial charge is 0.263 e. The van der Waals surface area contributed by atoms with E-state index in [9.17, 15) is 17.8 Å². The number of carbonyl (C=O) groups excluding carboxylic acids is 1. The molecule has 0 atom stereocenters. The van der Waals surface area contributed by atoms with E-state index in [1.807, 2.05) is 0 Å². The van der Waals surface area contributed by atoms with Gasteiger partial charge in [0.25, 0.3) is 5.91 Å². The second-order valence-electron chi connectivity index (χ2n) is 6.65. The summed E-state index contributed by atoms with van der Waals surface area (Å²) in [5.41, 5.74) is 0.0120. The van der Waals surface area contributed by atoms with Crippen LogP contribution in [-0.2, 0) is 20.9 Å². The summed E-state index contributed by atoms with van der Waals surface area (Å²) < 4.78 is 45.7. The van der Waals surface area contributed by atoms with Gasteiger partial charge in [-0.15, -0.1) is 0 Å². The molecule has 0 bridgehead atoms. The molecule has 0 saturated carbocycles. The first kappa shape index (κ1) is 20.7. The van der Waals surface area contributed by atoms with E-state index in [2.05, 4.69) is 16.3 Å². The van der Waals surface area contributed by atoms with Gasteiger partial charge in [-0.3, -0.25) is 19.5 Å². The van der Waals surface area contributed by atoms with Crippen molar-refractivity contribution in [1.82, 2.24) is 16.0 Å². The fraction of sp³-hybridized carbons (Fsp3) is 0.353. The first-order valence-corrected chi connectivity index (χ1v) is 10.7. The Labute approximate surface area is 165 Å². The maximum atomic E-state index is 14.7. The SMILES string of the molecule is C=S1(=O)CCC(NCc2noc(-c3ccc(Cl)cc3F)c2F)(C(=O)NO)CC1. The number of hydrogen-bond donors (Lipinski definition) is 3. The fourth-order valence-electron chi connectivity index (χ4n) is 3.05. The third-order valence-electron chi connectivity index (χ3n) is 4.81. The molecule has 0 spiro atoms. The van der Waals surface area contributed by atoms with E-state index < -0.39 is 38.4 Å². The van der Waals surface area contributed by atoms with Crippen LogP contribution in [-0.4, -0.2) is 43.4 Å². The zero-order valence-corrected chi connectivity index (χ0v) is 16.2. The van der Waals surface area contributed by atoms with E-state index in [1.165, 1.54) is 12.1 Å². The van der Waals surface area contributed by atoms with E-state index in [0.717, 1.165) is 6.07 Å². The first-order chi connectivity index (χ1) is 13.2. The van der Waals surface area contributed by atoms with E-state index in [0.29, 0.717) is 0 Å². The second kappa shape index (κ2) is 7.78. The van der Waals surface area contributed by atoms with E-state index in [1.54, 1.807) is 5.48 Å². The molecule has 7 nitrogen and oxygen atoms in total. The van der Waals surface area contributed by atoms with Crippen LogP contribution in [0.2, 0.25) is 5.02 Å². The predicted molar refractivity (Wildman–Crippen MR) is 101 cm³/mol.